The SMILES string of the molecule is CC(C)(C)OC(=O)N[C@H](CCCNc1ccc([N+](=O)[O-])cc1[N+](=O)[O-])C(=O)O. The molecule has 0 aromatic heterocycles. The number of non-ortho nitro benzene ring substituents is 1. The lowest BCUT2D eigenvalue weighted by molar-refractivity contribution is -0.393. The molecule has 1 amide bonds. The number of anilines is 1. The summed E-state index contributed by atoms with van der Waals surface area (Å²) in [5, 5.41) is 36.0. The predicted octanol–water partition coefficient (Wildman–Crippen LogP) is 2.67. The largest absolute Gasteiger partial charge is 0.480 e. The Morgan fingerprint density at radius 3 is 2.36 bits per heavy atom. The van der Waals surface area contributed by atoms with Crippen molar-refractivity contribution < 1.29 is 29.3 Å². The zero-order valence-electron chi connectivity index (χ0n) is 15.6. The van der Waals surface area contributed by atoms with Crippen LogP contribution in [-0.4, -0.2) is 45.2 Å². The molecule has 12 heteroatoms. The van der Waals surface area contributed by atoms with E-state index in [1.165, 1.54) is 6.07 Å². The summed E-state index contributed by atoms with van der Waals surface area (Å²) in [6.07, 6.45) is -0.567. The number of aliphatic carboxylic acids is 1. The maximum absolute atomic E-state index is 11.7. The summed E-state index contributed by atoms with van der Waals surface area (Å²) in [5.41, 5.74) is -1.58. The minimum Gasteiger partial charge on any atom is -0.480 e. The third kappa shape index (κ3) is 7.43. The van der Waals surface area contributed by atoms with Gasteiger partial charge in [0.1, 0.15) is 17.3 Å². The van der Waals surface area contributed by atoms with Crippen molar-refractivity contribution in [1.82, 2.24) is 5.32 Å². The van der Waals surface area contributed by atoms with Crippen LogP contribution in [0, 0.1) is 20.2 Å². The van der Waals surface area contributed by atoms with Crippen LogP contribution in [0.25, 0.3) is 0 Å². The first-order valence-corrected chi connectivity index (χ1v) is 8.29. The highest BCUT2D eigenvalue weighted by atomic mass is 16.6. The smallest absolute Gasteiger partial charge is 0.408 e. The number of hydrogen-bond donors (Lipinski definition) is 3. The van der Waals surface area contributed by atoms with Crippen LogP contribution in [0.3, 0.4) is 0 Å². The van der Waals surface area contributed by atoms with E-state index in [2.05, 4.69) is 10.6 Å². The van der Waals surface area contributed by atoms with Crippen LogP contribution in [0.5, 0.6) is 0 Å². The second-order valence-electron chi connectivity index (χ2n) is 6.82. The van der Waals surface area contributed by atoms with E-state index in [1.807, 2.05) is 0 Å². The van der Waals surface area contributed by atoms with Crippen molar-refractivity contribution >= 4 is 29.1 Å². The van der Waals surface area contributed by atoms with Gasteiger partial charge < -0.3 is 20.5 Å². The van der Waals surface area contributed by atoms with Crippen molar-refractivity contribution in [2.75, 3.05) is 11.9 Å². The number of alkyl carbamates (subject to hydrolysis) is 1. The van der Waals surface area contributed by atoms with Crippen molar-refractivity contribution in [2.24, 2.45) is 0 Å². The molecular weight excluding hydrogens is 376 g/mol. The van der Waals surface area contributed by atoms with Crippen molar-refractivity contribution in [1.29, 1.82) is 0 Å². The maximum Gasteiger partial charge on any atom is 0.408 e. The monoisotopic (exact) mass is 398 g/mol. The van der Waals surface area contributed by atoms with Crippen molar-refractivity contribution in [3.05, 3.63) is 38.4 Å². The highest BCUT2D eigenvalue weighted by Gasteiger charge is 2.24. The van der Waals surface area contributed by atoms with E-state index in [0.29, 0.717) is 0 Å². The van der Waals surface area contributed by atoms with Crippen LogP contribution >= 0.6 is 0 Å². The Labute approximate surface area is 160 Å². The van der Waals surface area contributed by atoms with E-state index < -0.39 is 44.9 Å². The third-order valence-electron chi connectivity index (χ3n) is 3.36. The van der Waals surface area contributed by atoms with Crippen LogP contribution in [0.1, 0.15) is 33.6 Å². The maximum atomic E-state index is 11.7. The predicted molar refractivity (Wildman–Crippen MR) is 98.3 cm³/mol. The molecule has 0 heterocycles. The highest BCUT2D eigenvalue weighted by molar-refractivity contribution is 5.80. The van der Waals surface area contributed by atoms with Gasteiger partial charge in [0.25, 0.3) is 11.4 Å². The Balaban J connectivity index is 2.64. The fourth-order valence-corrected chi connectivity index (χ4v) is 2.17. The van der Waals surface area contributed by atoms with E-state index in [0.717, 1.165) is 12.1 Å². The molecule has 0 bridgehead atoms. The third-order valence-corrected chi connectivity index (χ3v) is 3.36. The molecule has 0 aliphatic rings. The fraction of sp³-hybridized carbons (Fsp3) is 0.500. The Bertz CT molecular complexity index is 760. The van der Waals surface area contributed by atoms with Gasteiger partial charge in [0.05, 0.1) is 15.9 Å². The molecule has 1 rings (SSSR count). The number of carbonyl (C=O) groups is 2. The van der Waals surface area contributed by atoms with E-state index in [4.69, 9.17) is 4.74 Å². The van der Waals surface area contributed by atoms with Crippen LogP contribution in [0.15, 0.2) is 18.2 Å². The fourth-order valence-electron chi connectivity index (χ4n) is 2.17. The minimum absolute atomic E-state index is 0.0440. The standard InChI is InChI=1S/C16H22N4O8/c1-16(2,3)28-15(23)18-12(14(21)22)5-4-8-17-11-7-6-10(19(24)25)9-13(11)20(26)27/h6-7,9,12,17H,4-5,8H2,1-3H3,(H,18,23)(H,21,22)/t12-/m1/s1. The Morgan fingerprint density at radius 1 is 1.21 bits per heavy atom. The van der Waals surface area contributed by atoms with Crippen molar-refractivity contribution in [3.63, 3.8) is 0 Å². The molecule has 1 aromatic carbocycles. The zero-order chi connectivity index (χ0) is 21.5. The molecule has 1 atom stereocenters. The van der Waals surface area contributed by atoms with Gasteiger partial charge in [-0.1, -0.05) is 0 Å². The summed E-state index contributed by atoms with van der Waals surface area (Å²) < 4.78 is 5.01. The van der Waals surface area contributed by atoms with Gasteiger partial charge in [-0.3, -0.25) is 20.2 Å². The molecule has 0 radical (unpaired) electrons. The van der Waals surface area contributed by atoms with Crippen molar-refractivity contribution in [2.45, 2.75) is 45.3 Å². The van der Waals surface area contributed by atoms with Gasteiger partial charge in [-0.15, -0.1) is 0 Å². The number of carboxylic acid groups (broad SMARTS) is 1. The number of hydrogen-bond acceptors (Lipinski definition) is 8. The molecule has 0 aliphatic heterocycles. The quantitative estimate of drug-likeness (QED) is 0.321. The highest BCUT2D eigenvalue weighted by Crippen LogP contribution is 2.28. The Morgan fingerprint density at radius 2 is 1.86 bits per heavy atom. The topological polar surface area (TPSA) is 174 Å². The van der Waals surface area contributed by atoms with Gasteiger partial charge in [-0.05, 0) is 39.7 Å². The molecule has 1 aromatic rings. The van der Waals surface area contributed by atoms with Gasteiger partial charge >= 0.3 is 12.1 Å². The van der Waals surface area contributed by atoms with Crippen LogP contribution in [0.2, 0.25) is 0 Å². The van der Waals surface area contributed by atoms with Crippen molar-refractivity contribution in [3.8, 4) is 0 Å². The van der Waals surface area contributed by atoms with Crippen LogP contribution < -0.4 is 10.6 Å². The molecule has 154 valence electrons. The van der Waals surface area contributed by atoms with Gasteiger partial charge in [0.2, 0.25) is 0 Å². The average molecular weight is 398 g/mol. The lowest BCUT2D eigenvalue weighted by atomic mass is 10.1. The molecule has 3 N–H and O–H groups in total. The van der Waals surface area contributed by atoms with Crippen LogP contribution in [0.4, 0.5) is 21.9 Å². The average Bonchev–Trinajstić information content (AvgIpc) is 2.55. The lowest BCUT2D eigenvalue weighted by Gasteiger charge is -2.22. The molecule has 12 nitrogen and oxygen atoms in total. The molecule has 28 heavy (non-hydrogen) atoms. The summed E-state index contributed by atoms with van der Waals surface area (Å²) in [4.78, 5) is 43.3. The second kappa shape index (κ2) is 9.48. The van der Waals surface area contributed by atoms with Gasteiger partial charge in [0.15, 0.2) is 0 Å². The minimum atomic E-state index is -1.24. The normalized spacial score (nSPS) is 12.0. The summed E-state index contributed by atoms with van der Waals surface area (Å²) in [5.74, 6) is -1.24. The van der Waals surface area contributed by atoms with E-state index in [9.17, 15) is 34.9 Å². The summed E-state index contributed by atoms with van der Waals surface area (Å²) >= 11 is 0. The van der Waals surface area contributed by atoms with E-state index in [-0.39, 0.29) is 25.1 Å². The molecule has 0 spiro atoms. The van der Waals surface area contributed by atoms with Gasteiger partial charge in [-0.25, -0.2) is 9.59 Å². The molecular formula is C16H22N4O8. The number of carboxylic acids is 1. The number of nitrogens with zero attached hydrogens (tertiary/aromatic N) is 2. The summed E-state index contributed by atoms with van der Waals surface area (Å²) in [6, 6.07) is 1.99. The van der Waals surface area contributed by atoms with Gasteiger partial charge in [0, 0.05) is 12.6 Å². The first-order chi connectivity index (χ1) is 12.9. The first kappa shape index (κ1) is 22.6. The first-order valence-electron chi connectivity index (χ1n) is 8.29. The number of rotatable bonds is 9. The lowest BCUT2D eigenvalue weighted by Crippen LogP contribution is -2.43. The number of nitro benzene ring substituents is 2. The van der Waals surface area contributed by atoms with Gasteiger partial charge in [-0.2, -0.15) is 0 Å². The summed E-state index contributed by atoms with van der Waals surface area (Å²) in [7, 11) is 0. The van der Waals surface area contributed by atoms with E-state index >= 15 is 0 Å². The number of amides is 1. The number of nitro groups is 2. The number of carbonyl (C=O) groups excluding carboxylic acids is 1. The summed E-state index contributed by atoms with van der Waals surface area (Å²) in [6.45, 7) is 5.08. The molecule has 0 saturated carbocycles. The number of nitrogens with one attached hydrogen (secondary N) is 2. The molecule has 0 unspecified atom stereocenters. The van der Waals surface area contributed by atoms with Crippen LogP contribution in [-0.2, 0) is 9.53 Å². The molecule has 0 fully saturated rings. The number of ether oxygens (including phenoxy) is 1. The Kier molecular flexibility index (Phi) is 7.65. The zero-order valence-corrected chi connectivity index (χ0v) is 15.6. The van der Waals surface area contributed by atoms with E-state index in [1.54, 1.807) is 20.8 Å². The molecule has 0 saturated heterocycles. The number of benzene rings is 1. The molecule has 0 aliphatic carbocycles. The Hall–Kier alpha value is -3.44. The second-order valence-corrected chi connectivity index (χ2v) is 6.82.